The Kier molecular flexibility index (Phi) is 10.3. The van der Waals surface area contributed by atoms with Crippen LogP contribution in [0.5, 0.6) is 5.75 Å². The molecule has 36 heavy (non-hydrogen) atoms. The number of benzene rings is 1. The molecule has 0 bridgehead atoms. The number of unbranched alkanes of at least 4 members (excludes halogenated alkanes) is 3. The summed E-state index contributed by atoms with van der Waals surface area (Å²) in [5, 5.41) is 14.4. The van der Waals surface area contributed by atoms with E-state index in [1.165, 1.54) is 13.0 Å². The minimum atomic E-state index is -5.04. The van der Waals surface area contributed by atoms with Crippen molar-refractivity contribution in [3.05, 3.63) is 56.4 Å². The number of esters is 2. The molecule has 1 unspecified atom stereocenters. The lowest BCUT2D eigenvalue weighted by Crippen LogP contribution is -2.38. The molecule has 0 radical (unpaired) electrons. The van der Waals surface area contributed by atoms with Crippen molar-refractivity contribution in [2.24, 2.45) is 0 Å². The second-order valence-electron chi connectivity index (χ2n) is 7.80. The monoisotopic (exact) mass is 578 g/mol. The van der Waals surface area contributed by atoms with Crippen molar-refractivity contribution in [3.63, 3.8) is 0 Å². The average Bonchev–Trinajstić information content (AvgIpc) is 2.83. The number of carbonyl (C=O) groups excluding carboxylic acids is 2. The van der Waals surface area contributed by atoms with Gasteiger partial charge in [-0.3, -0.25) is 10.1 Å². The Morgan fingerprint density at radius 2 is 1.69 bits per heavy atom. The van der Waals surface area contributed by atoms with Gasteiger partial charge in [0.25, 0.3) is 5.69 Å². The molecule has 0 saturated carbocycles. The Morgan fingerprint density at radius 1 is 1.08 bits per heavy atom. The van der Waals surface area contributed by atoms with Gasteiger partial charge in [0.15, 0.2) is 0 Å². The summed E-state index contributed by atoms with van der Waals surface area (Å²) in [6.45, 7) is 1.37. The maximum Gasteiger partial charge on any atom is 0.431 e. The van der Waals surface area contributed by atoms with Crippen molar-refractivity contribution < 1.29 is 41.9 Å². The van der Waals surface area contributed by atoms with Crippen LogP contribution >= 0.6 is 15.9 Å². The maximum atomic E-state index is 14.0. The zero-order valence-corrected chi connectivity index (χ0v) is 21.5. The van der Waals surface area contributed by atoms with Crippen molar-refractivity contribution in [3.8, 4) is 5.75 Å². The molecule has 1 aliphatic heterocycles. The summed E-state index contributed by atoms with van der Waals surface area (Å²) in [6, 6.07) is 3.36. The largest absolute Gasteiger partial charge is 0.493 e. The van der Waals surface area contributed by atoms with Crippen LogP contribution in [0.25, 0.3) is 0 Å². The van der Waals surface area contributed by atoms with E-state index < -0.39 is 45.9 Å². The van der Waals surface area contributed by atoms with E-state index in [-0.39, 0.29) is 29.2 Å². The van der Waals surface area contributed by atoms with Gasteiger partial charge < -0.3 is 19.5 Å². The SMILES string of the molecule is COC(=O)C1=C(C)NC(C(F)(F)F)=C(C(=O)OC)C1c1cc([N+](=O)[O-])ccc1OCCCCCCBr. The molecule has 0 amide bonds. The Balaban J connectivity index is 2.74. The standard InChI is InChI=1S/C23H26BrF3N2O7/c1-13-17(21(30)34-2)18(19(22(31)35-3)20(28-13)23(25,26)27)15-12-14(29(32)33)8-9-16(15)36-11-7-5-4-6-10-24/h8-9,12,18,28H,4-7,10-11H2,1-3H3. The normalized spacial score (nSPS) is 15.9. The van der Waals surface area contributed by atoms with Crippen molar-refractivity contribution in [1.82, 2.24) is 5.32 Å². The summed E-state index contributed by atoms with van der Waals surface area (Å²) >= 11 is 3.34. The zero-order valence-electron chi connectivity index (χ0n) is 19.9. The molecule has 9 nitrogen and oxygen atoms in total. The Hall–Kier alpha value is -3.09. The van der Waals surface area contributed by atoms with Gasteiger partial charge in [0.05, 0.1) is 42.8 Å². The van der Waals surface area contributed by atoms with Gasteiger partial charge in [0.2, 0.25) is 0 Å². The third-order valence-corrected chi connectivity index (χ3v) is 6.02. The van der Waals surface area contributed by atoms with Crippen LogP contribution in [0.15, 0.2) is 40.7 Å². The Labute approximate surface area is 213 Å². The van der Waals surface area contributed by atoms with Gasteiger partial charge in [-0.25, -0.2) is 9.59 Å². The molecule has 13 heteroatoms. The number of rotatable bonds is 11. The lowest BCUT2D eigenvalue weighted by atomic mass is 9.79. The molecule has 2 rings (SSSR count). The zero-order chi connectivity index (χ0) is 27.0. The number of nitro benzene ring substituents is 1. The van der Waals surface area contributed by atoms with E-state index in [2.05, 4.69) is 26.0 Å². The Morgan fingerprint density at radius 3 is 2.25 bits per heavy atom. The molecule has 198 valence electrons. The lowest BCUT2D eigenvalue weighted by molar-refractivity contribution is -0.384. The van der Waals surface area contributed by atoms with E-state index in [4.69, 9.17) is 9.47 Å². The molecule has 1 aromatic carbocycles. The Bertz CT molecular complexity index is 1070. The topological polar surface area (TPSA) is 117 Å². The van der Waals surface area contributed by atoms with Gasteiger partial charge in [-0.2, -0.15) is 13.2 Å². The first-order chi connectivity index (χ1) is 17.0. The summed E-state index contributed by atoms with van der Waals surface area (Å²) in [5.74, 6) is -4.13. The predicted molar refractivity (Wildman–Crippen MR) is 127 cm³/mol. The first kappa shape index (κ1) is 29.1. The molecule has 1 aromatic rings. The molecule has 0 saturated heterocycles. The average molecular weight is 579 g/mol. The van der Waals surface area contributed by atoms with E-state index in [0.717, 1.165) is 50.9 Å². The van der Waals surface area contributed by atoms with E-state index in [9.17, 15) is 32.9 Å². The second-order valence-corrected chi connectivity index (χ2v) is 8.59. The highest BCUT2D eigenvalue weighted by molar-refractivity contribution is 9.09. The minimum absolute atomic E-state index is 0.00915. The number of halogens is 4. The summed E-state index contributed by atoms with van der Waals surface area (Å²) in [5.41, 5.74) is -3.61. The van der Waals surface area contributed by atoms with Crippen molar-refractivity contribution in [1.29, 1.82) is 0 Å². The molecular formula is C23H26BrF3N2O7. The summed E-state index contributed by atoms with van der Waals surface area (Å²) < 4.78 is 57.2. The molecule has 0 fully saturated rings. The highest BCUT2D eigenvalue weighted by Crippen LogP contribution is 2.46. The first-order valence-corrected chi connectivity index (χ1v) is 12.0. The van der Waals surface area contributed by atoms with Gasteiger partial charge >= 0.3 is 18.1 Å². The van der Waals surface area contributed by atoms with Crippen molar-refractivity contribution in [2.75, 3.05) is 26.2 Å². The number of hydrogen-bond acceptors (Lipinski definition) is 8. The minimum Gasteiger partial charge on any atom is -0.493 e. The quantitative estimate of drug-likeness (QED) is 0.127. The molecular weight excluding hydrogens is 553 g/mol. The van der Waals surface area contributed by atoms with Crippen molar-refractivity contribution in [2.45, 2.75) is 44.7 Å². The van der Waals surface area contributed by atoms with Gasteiger partial charge in [-0.1, -0.05) is 28.8 Å². The molecule has 0 spiro atoms. The number of nitrogens with one attached hydrogen (secondary N) is 1. The van der Waals surface area contributed by atoms with Crippen LogP contribution in [0.1, 0.15) is 44.1 Å². The number of allylic oxidation sites excluding steroid dienone is 2. The first-order valence-electron chi connectivity index (χ1n) is 10.9. The highest BCUT2D eigenvalue weighted by Gasteiger charge is 2.48. The molecule has 1 aliphatic rings. The fourth-order valence-electron chi connectivity index (χ4n) is 3.81. The summed E-state index contributed by atoms with van der Waals surface area (Å²) in [6.07, 6.45) is -1.73. The predicted octanol–water partition coefficient (Wildman–Crippen LogP) is 5.05. The fraction of sp³-hybridized carbons (Fsp3) is 0.478. The summed E-state index contributed by atoms with van der Waals surface area (Å²) in [7, 11) is 1.92. The number of nitro groups is 1. The van der Waals surface area contributed by atoms with Crippen LogP contribution in [0.4, 0.5) is 18.9 Å². The van der Waals surface area contributed by atoms with Crippen LogP contribution in [0.2, 0.25) is 0 Å². The molecule has 1 heterocycles. The highest BCUT2D eigenvalue weighted by atomic mass is 79.9. The van der Waals surface area contributed by atoms with Gasteiger partial charge in [0, 0.05) is 28.7 Å². The van der Waals surface area contributed by atoms with E-state index >= 15 is 0 Å². The third-order valence-electron chi connectivity index (χ3n) is 5.46. The number of alkyl halides is 4. The number of non-ortho nitro benzene ring substituents is 1. The molecule has 1 N–H and O–H groups in total. The smallest absolute Gasteiger partial charge is 0.431 e. The molecule has 0 aromatic heterocycles. The van der Waals surface area contributed by atoms with Crippen molar-refractivity contribution >= 4 is 33.6 Å². The number of ether oxygens (including phenoxy) is 3. The van der Waals surface area contributed by atoms with Gasteiger partial charge in [-0.05, 0) is 25.8 Å². The molecule has 1 atom stereocenters. The van der Waals surface area contributed by atoms with Crippen LogP contribution in [-0.2, 0) is 19.1 Å². The number of methoxy groups -OCH3 is 2. The maximum absolute atomic E-state index is 14.0. The van der Waals surface area contributed by atoms with Gasteiger partial charge in [0.1, 0.15) is 11.4 Å². The third kappa shape index (κ3) is 6.77. The van der Waals surface area contributed by atoms with Gasteiger partial charge in [-0.15, -0.1) is 0 Å². The number of hydrogen-bond donors (Lipinski definition) is 1. The lowest BCUT2D eigenvalue weighted by Gasteiger charge is -2.32. The van der Waals surface area contributed by atoms with Crippen LogP contribution in [-0.4, -0.2) is 49.2 Å². The second kappa shape index (κ2) is 12.7. The number of carbonyl (C=O) groups is 2. The number of dihydropyridines is 1. The van der Waals surface area contributed by atoms with E-state index in [0.29, 0.717) is 6.42 Å². The fourth-order valence-corrected chi connectivity index (χ4v) is 4.21. The summed E-state index contributed by atoms with van der Waals surface area (Å²) in [4.78, 5) is 36.2. The van der Waals surface area contributed by atoms with E-state index in [1.807, 2.05) is 0 Å². The van der Waals surface area contributed by atoms with Crippen LogP contribution < -0.4 is 10.1 Å². The van der Waals surface area contributed by atoms with Crippen LogP contribution in [0, 0.1) is 10.1 Å². The van der Waals surface area contributed by atoms with Crippen LogP contribution in [0.3, 0.4) is 0 Å². The number of nitrogens with zero attached hydrogens (tertiary/aromatic N) is 1. The molecule has 0 aliphatic carbocycles. The van der Waals surface area contributed by atoms with E-state index in [1.54, 1.807) is 0 Å².